The summed E-state index contributed by atoms with van der Waals surface area (Å²) in [6.07, 6.45) is -1.31. The minimum Gasteiger partial charge on any atom is -0.381 e. The van der Waals surface area contributed by atoms with Crippen molar-refractivity contribution in [2.45, 2.75) is 43.8 Å². The van der Waals surface area contributed by atoms with Gasteiger partial charge in [0.15, 0.2) is 0 Å². The van der Waals surface area contributed by atoms with Gasteiger partial charge in [0.2, 0.25) is 0 Å². The zero-order valence-electron chi connectivity index (χ0n) is 12.8. The molecule has 1 aromatic rings. The molecule has 1 atom stereocenters. The lowest BCUT2D eigenvalue weighted by atomic mass is 9.90. The van der Waals surface area contributed by atoms with Gasteiger partial charge in [-0.1, -0.05) is 12.1 Å². The molecule has 23 heavy (non-hydrogen) atoms. The Morgan fingerprint density at radius 3 is 2.61 bits per heavy atom. The van der Waals surface area contributed by atoms with Crippen LogP contribution in [0.25, 0.3) is 0 Å². The quantitative estimate of drug-likeness (QED) is 0.843. The number of nitrogens with zero attached hydrogens (tertiary/aromatic N) is 1. The lowest BCUT2D eigenvalue weighted by Crippen LogP contribution is -2.48. The van der Waals surface area contributed by atoms with Crippen LogP contribution in [0, 0.1) is 0 Å². The number of carbonyl (C=O) groups excluding carboxylic acids is 1. The first-order valence-corrected chi connectivity index (χ1v) is 7.99. The second-order valence-corrected chi connectivity index (χ2v) is 6.32. The third kappa shape index (κ3) is 3.86. The molecule has 3 nitrogen and oxygen atoms in total. The molecule has 0 bridgehead atoms. The summed E-state index contributed by atoms with van der Waals surface area (Å²) in [5.41, 5.74) is 1.31. The maximum atomic E-state index is 12.8. The molecule has 2 fully saturated rings. The lowest BCUT2D eigenvalue weighted by molar-refractivity contribution is -0.147. The van der Waals surface area contributed by atoms with Crippen LogP contribution in [0.15, 0.2) is 24.3 Å². The molecule has 0 aromatic heterocycles. The Morgan fingerprint density at radius 1 is 1.26 bits per heavy atom. The van der Waals surface area contributed by atoms with Crippen LogP contribution < -0.4 is 0 Å². The molecule has 1 heterocycles. The Labute approximate surface area is 133 Å². The zero-order chi connectivity index (χ0) is 16.4. The van der Waals surface area contributed by atoms with Crippen LogP contribution in [0.5, 0.6) is 0 Å². The van der Waals surface area contributed by atoms with Gasteiger partial charge in [-0.25, -0.2) is 0 Å². The second kappa shape index (κ2) is 6.51. The molecule has 1 aromatic carbocycles. The molecule has 0 N–H and O–H groups in total. The monoisotopic (exact) mass is 327 g/mol. The minimum absolute atomic E-state index is 0.225. The summed E-state index contributed by atoms with van der Waals surface area (Å²) in [6, 6.07) is 6.69. The molecule has 6 heteroatoms. The topological polar surface area (TPSA) is 29.5 Å². The van der Waals surface area contributed by atoms with Gasteiger partial charge in [-0.15, -0.1) is 0 Å². The van der Waals surface area contributed by atoms with Crippen molar-refractivity contribution in [2.24, 2.45) is 0 Å². The van der Waals surface area contributed by atoms with Crippen molar-refractivity contribution < 1.29 is 22.7 Å². The highest BCUT2D eigenvalue weighted by molar-refractivity contribution is 5.94. The van der Waals surface area contributed by atoms with E-state index in [-0.39, 0.29) is 12.0 Å². The van der Waals surface area contributed by atoms with Crippen molar-refractivity contribution in [3.63, 3.8) is 0 Å². The fourth-order valence-electron chi connectivity index (χ4n) is 3.15. The molecule has 2 aliphatic rings. The number of amides is 1. The van der Waals surface area contributed by atoms with Gasteiger partial charge in [-0.3, -0.25) is 4.79 Å². The third-order valence-electron chi connectivity index (χ3n) is 4.66. The predicted molar refractivity (Wildman–Crippen MR) is 79.3 cm³/mol. The van der Waals surface area contributed by atoms with Crippen LogP contribution in [0.4, 0.5) is 13.2 Å². The van der Waals surface area contributed by atoms with Crippen molar-refractivity contribution in [2.75, 3.05) is 19.8 Å². The summed E-state index contributed by atoms with van der Waals surface area (Å²) in [6.45, 7) is 0.116. The highest BCUT2D eigenvalue weighted by atomic mass is 19.4. The van der Waals surface area contributed by atoms with Crippen molar-refractivity contribution in [1.82, 2.24) is 4.90 Å². The number of carbonyl (C=O) groups is 1. The van der Waals surface area contributed by atoms with E-state index in [9.17, 15) is 18.0 Å². The van der Waals surface area contributed by atoms with Crippen LogP contribution in [-0.4, -0.2) is 42.8 Å². The van der Waals surface area contributed by atoms with Crippen molar-refractivity contribution >= 4 is 5.91 Å². The largest absolute Gasteiger partial charge is 0.406 e. The van der Waals surface area contributed by atoms with Crippen molar-refractivity contribution in [3.05, 3.63) is 35.4 Å². The summed E-state index contributed by atoms with van der Waals surface area (Å²) in [5.74, 6) is -0.296. The number of alkyl halides is 3. The maximum absolute atomic E-state index is 12.8. The van der Waals surface area contributed by atoms with Crippen LogP contribution in [0.1, 0.15) is 47.5 Å². The molecular weight excluding hydrogens is 307 g/mol. The zero-order valence-corrected chi connectivity index (χ0v) is 12.8. The average molecular weight is 327 g/mol. The molecule has 0 spiro atoms. The van der Waals surface area contributed by atoms with Crippen LogP contribution in [0.3, 0.4) is 0 Å². The van der Waals surface area contributed by atoms with Crippen molar-refractivity contribution in [3.8, 4) is 0 Å². The third-order valence-corrected chi connectivity index (χ3v) is 4.66. The Kier molecular flexibility index (Phi) is 4.62. The number of ether oxygens (including phenoxy) is 1. The molecule has 126 valence electrons. The van der Waals surface area contributed by atoms with Gasteiger partial charge in [0.25, 0.3) is 5.91 Å². The van der Waals surface area contributed by atoms with Crippen LogP contribution in [-0.2, 0) is 4.74 Å². The van der Waals surface area contributed by atoms with Gasteiger partial charge in [-0.2, -0.15) is 13.2 Å². The first-order valence-electron chi connectivity index (χ1n) is 7.99. The summed E-state index contributed by atoms with van der Waals surface area (Å²) in [4.78, 5) is 13.6. The van der Waals surface area contributed by atoms with Crippen molar-refractivity contribution in [1.29, 1.82) is 0 Å². The number of hydrogen-bond acceptors (Lipinski definition) is 2. The van der Waals surface area contributed by atoms with E-state index in [1.165, 1.54) is 0 Å². The Hall–Kier alpha value is -1.56. The summed E-state index contributed by atoms with van der Waals surface area (Å²) >= 11 is 0. The first-order chi connectivity index (χ1) is 10.9. The number of benzene rings is 1. The number of rotatable bonds is 4. The van der Waals surface area contributed by atoms with Gasteiger partial charge in [-0.05, 0) is 43.4 Å². The molecule has 1 saturated carbocycles. The van der Waals surface area contributed by atoms with E-state index in [4.69, 9.17) is 4.74 Å². The van der Waals surface area contributed by atoms with E-state index in [0.717, 1.165) is 23.3 Å². The fraction of sp³-hybridized carbons (Fsp3) is 0.588. The van der Waals surface area contributed by atoms with E-state index in [2.05, 4.69) is 0 Å². The van der Waals surface area contributed by atoms with Gasteiger partial charge < -0.3 is 9.64 Å². The van der Waals surface area contributed by atoms with E-state index >= 15 is 0 Å². The standard InChI is InChI=1S/C17H20F3NO2/c18-17(19,20)11-21(15-5-2-6-15)16(22)13-4-1-3-12(9-13)14-7-8-23-10-14/h1,3-4,9,14-15H,2,5-8,10-11H2/t14-/m1/s1. The van der Waals surface area contributed by atoms with E-state index in [0.29, 0.717) is 31.6 Å². The Morgan fingerprint density at radius 2 is 2.04 bits per heavy atom. The molecule has 1 aliphatic heterocycles. The first kappa shape index (κ1) is 16.3. The number of halogens is 3. The Balaban J connectivity index is 1.80. The predicted octanol–water partition coefficient (Wildman–Crippen LogP) is 3.75. The summed E-state index contributed by atoms with van der Waals surface area (Å²) in [7, 11) is 0. The summed E-state index contributed by atoms with van der Waals surface area (Å²) < 4.78 is 43.8. The minimum atomic E-state index is -4.37. The van der Waals surface area contributed by atoms with Gasteiger partial charge >= 0.3 is 6.18 Å². The van der Waals surface area contributed by atoms with Gasteiger partial charge in [0.1, 0.15) is 6.54 Å². The molecular formula is C17H20F3NO2. The molecule has 1 saturated heterocycles. The fourth-order valence-corrected chi connectivity index (χ4v) is 3.15. The second-order valence-electron chi connectivity index (χ2n) is 6.32. The van der Waals surface area contributed by atoms with Crippen LogP contribution in [0.2, 0.25) is 0 Å². The van der Waals surface area contributed by atoms with Gasteiger partial charge in [0.05, 0.1) is 6.61 Å². The molecule has 3 rings (SSSR count). The van der Waals surface area contributed by atoms with Crippen LogP contribution >= 0.6 is 0 Å². The SMILES string of the molecule is O=C(c1cccc([C@@H]2CCOC2)c1)N(CC(F)(F)F)C1CCC1. The highest BCUT2D eigenvalue weighted by Gasteiger charge is 2.38. The summed E-state index contributed by atoms with van der Waals surface area (Å²) in [5, 5.41) is 0. The maximum Gasteiger partial charge on any atom is 0.406 e. The van der Waals surface area contributed by atoms with E-state index in [1.807, 2.05) is 6.07 Å². The Bertz CT molecular complexity index is 563. The molecule has 1 aliphatic carbocycles. The molecule has 0 unspecified atom stereocenters. The lowest BCUT2D eigenvalue weighted by Gasteiger charge is -2.38. The highest BCUT2D eigenvalue weighted by Crippen LogP contribution is 2.31. The average Bonchev–Trinajstić information content (AvgIpc) is 2.97. The molecule has 1 amide bonds. The molecule has 0 radical (unpaired) electrons. The normalized spacial score (nSPS) is 22.0. The number of hydrogen-bond donors (Lipinski definition) is 0. The van der Waals surface area contributed by atoms with E-state index in [1.54, 1.807) is 18.2 Å². The van der Waals surface area contributed by atoms with E-state index < -0.39 is 18.6 Å². The smallest absolute Gasteiger partial charge is 0.381 e. The van der Waals surface area contributed by atoms with Gasteiger partial charge in [0, 0.05) is 24.1 Å².